The smallest absolute Gasteiger partial charge is 0.243 e. The normalized spacial score (nSPS) is 13.6. The van der Waals surface area contributed by atoms with Gasteiger partial charge in [0.15, 0.2) is 0 Å². The van der Waals surface area contributed by atoms with E-state index in [2.05, 4.69) is 5.32 Å². The summed E-state index contributed by atoms with van der Waals surface area (Å²) in [6, 6.07) is 3.58. The number of likely N-dealkylation sites (N-methyl/N-ethyl adjacent to an activating group) is 1. The lowest BCUT2D eigenvalue weighted by Crippen LogP contribution is -2.40. The zero-order chi connectivity index (χ0) is 16.0. The molecule has 0 saturated heterocycles. The van der Waals surface area contributed by atoms with Crippen LogP contribution >= 0.6 is 0 Å². The van der Waals surface area contributed by atoms with E-state index < -0.39 is 15.8 Å². The molecule has 1 N–H and O–H groups in total. The monoisotopic (exact) mass is 318 g/mol. The van der Waals surface area contributed by atoms with Gasteiger partial charge in [-0.2, -0.15) is 4.31 Å². The second-order valence-corrected chi connectivity index (χ2v) is 6.69. The Hall–Kier alpha value is -1.02. The van der Waals surface area contributed by atoms with Crippen molar-refractivity contribution in [3.63, 3.8) is 0 Å². The second-order valence-electron chi connectivity index (χ2n) is 4.80. The molecule has 7 heteroatoms. The number of methoxy groups -OCH3 is 1. The van der Waals surface area contributed by atoms with Crippen molar-refractivity contribution >= 4 is 10.0 Å². The Bertz CT molecular complexity index is 563. The van der Waals surface area contributed by atoms with E-state index in [1.165, 1.54) is 29.6 Å². The SMILES string of the molecule is CCN(C(C)COC)S(=O)(=O)c1ccc(F)c(CNC)c1. The van der Waals surface area contributed by atoms with Crippen LogP contribution in [0.15, 0.2) is 23.1 Å². The summed E-state index contributed by atoms with van der Waals surface area (Å²) in [5, 5.41) is 2.82. The summed E-state index contributed by atoms with van der Waals surface area (Å²) in [4.78, 5) is 0.0963. The third kappa shape index (κ3) is 4.23. The van der Waals surface area contributed by atoms with E-state index in [1.54, 1.807) is 20.9 Å². The van der Waals surface area contributed by atoms with Gasteiger partial charge in [-0.1, -0.05) is 6.92 Å². The van der Waals surface area contributed by atoms with Gasteiger partial charge in [-0.05, 0) is 32.2 Å². The molecule has 0 aliphatic rings. The lowest BCUT2D eigenvalue weighted by atomic mass is 10.2. The third-order valence-corrected chi connectivity index (χ3v) is 5.29. The Morgan fingerprint density at radius 3 is 2.62 bits per heavy atom. The fraction of sp³-hybridized carbons (Fsp3) is 0.571. The first-order valence-corrected chi connectivity index (χ1v) is 8.26. The minimum Gasteiger partial charge on any atom is -0.383 e. The molecule has 0 saturated carbocycles. The van der Waals surface area contributed by atoms with Gasteiger partial charge in [0, 0.05) is 31.8 Å². The lowest BCUT2D eigenvalue weighted by molar-refractivity contribution is 0.142. The zero-order valence-corrected chi connectivity index (χ0v) is 13.7. The molecule has 0 aromatic heterocycles. The summed E-state index contributed by atoms with van der Waals surface area (Å²) >= 11 is 0. The first kappa shape index (κ1) is 18.0. The van der Waals surface area contributed by atoms with Crippen LogP contribution in [0.3, 0.4) is 0 Å². The molecule has 120 valence electrons. The van der Waals surface area contributed by atoms with Crippen molar-refractivity contribution in [3.05, 3.63) is 29.6 Å². The third-order valence-electron chi connectivity index (χ3n) is 3.20. The van der Waals surface area contributed by atoms with Crippen LogP contribution in [-0.4, -0.2) is 46.1 Å². The number of ether oxygens (including phenoxy) is 1. The van der Waals surface area contributed by atoms with E-state index in [1.807, 2.05) is 0 Å². The number of nitrogens with zero attached hydrogens (tertiary/aromatic N) is 1. The largest absolute Gasteiger partial charge is 0.383 e. The molecule has 1 aromatic carbocycles. The molecule has 0 bridgehead atoms. The average molecular weight is 318 g/mol. The summed E-state index contributed by atoms with van der Waals surface area (Å²) in [6.07, 6.45) is 0. The van der Waals surface area contributed by atoms with Gasteiger partial charge < -0.3 is 10.1 Å². The predicted molar refractivity (Wildman–Crippen MR) is 80.1 cm³/mol. The number of rotatable bonds is 8. The minimum absolute atomic E-state index is 0.0963. The molecule has 1 aromatic rings. The predicted octanol–water partition coefficient (Wildman–Crippen LogP) is 1.59. The fourth-order valence-corrected chi connectivity index (χ4v) is 3.89. The van der Waals surface area contributed by atoms with Crippen molar-refractivity contribution < 1.29 is 17.5 Å². The Balaban J connectivity index is 3.19. The van der Waals surface area contributed by atoms with Gasteiger partial charge >= 0.3 is 0 Å². The van der Waals surface area contributed by atoms with Crippen LogP contribution < -0.4 is 5.32 Å². The Morgan fingerprint density at radius 2 is 2.10 bits per heavy atom. The van der Waals surface area contributed by atoms with Crippen LogP contribution in [0.2, 0.25) is 0 Å². The Morgan fingerprint density at radius 1 is 1.43 bits per heavy atom. The van der Waals surface area contributed by atoms with Crippen LogP contribution in [0.4, 0.5) is 4.39 Å². The van der Waals surface area contributed by atoms with E-state index in [-0.39, 0.29) is 17.5 Å². The first-order valence-electron chi connectivity index (χ1n) is 6.82. The standard InChI is InChI=1S/C14H23FN2O3S/c1-5-17(11(2)10-20-4)21(18,19)13-6-7-14(15)12(8-13)9-16-3/h6-8,11,16H,5,9-10H2,1-4H3. The highest BCUT2D eigenvalue weighted by Crippen LogP contribution is 2.21. The summed E-state index contributed by atoms with van der Waals surface area (Å²) in [5.74, 6) is -0.420. The lowest BCUT2D eigenvalue weighted by Gasteiger charge is -2.26. The van der Waals surface area contributed by atoms with Gasteiger partial charge in [0.2, 0.25) is 10.0 Å². The van der Waals surface area contributed by atoms with E-state index in [0.717, 1.165) is 0 Å². The van der Waals surface area contributed by atoms with Gasteiger partial charge in [0.25, 0.3) is 0 Å². The number of halogens is 1. The van der Waals surface area contributed by atoms with Crippen LogP contribution in [-0.2, 0) is 21.3 Å². The molecule has 0 fully saturated rings. The number of hydrogen-bond donors (Lipinski definition) is 1. The van der Waals surface area contributed by atoms with Crippen LogP contribution in [0.1, 0.15) is 19.4 Å². The average Bonchev–Trinajstić information content (AvgIpc) is 2.42. The molecule has 1 unspecified atom stereocenters. The van der Waals surface area contributed by atoms with Crippen molar-refractivity contribution in [1.29, 1.82) is 0 Å². The van der Waals surface area contributed by atoms with Gasteiger partial charge in [-0.25, -0.2) is 12.8 Å². The van der Waals surface area contributed by atoms with E-state index in [9.17, 15) is 12.8 Å². The minimum atomic E-state index is -3.67. The van der Waals surface area contributed by atoms with Crippen LogP contribution in [0.25, 0.3) is 0 Å². The fourth-order valence-electron chi connectivity index (χ4n) is 2.22. The molecule has 0 aliphatic heterocycles. The number of sulfonamides is 1. The highest BCUT2D eigenvalue weighted by molar-refractivity contribution is 7.89. The van der Waals surface area contributed by atoms with Gasteiger partial charge in [-0.3, -0.25) is 0 Å². The quantitative estimate of drug-likeness (QED) is 0.791. The molecular weight excluding hydrogens is 295 g/mol. The molecule has 0 aliphatic carbocycles. The van der Waals surface area contributed by atoms with Crippen LogP contribution in [0.5, 0.6) is 0 Å². The maximum Gasteiger partial charge on any atom is 0.243 e. The molecule has 1 rings (SSSR count). The van der Waals surface area contributed by atoms with Gasteiger partial charge in [0.1, 0.15) is 5.82 Å². The summed E-state index contributed by atoms with van der Waals surface area (Å²) in [5.41, 5.74) is 0.328. The van der Waals surface area contributed by atoms with Gasteiger partial charge in [0.05, 0.1) is 11.5 Å². The van der Waals surface area contributed by atoms with Crippen LogP contribution in [0, 0.1) is 5.82 Å². The van der Waals surface area contributed by atoms with E-state index in [0.29, 0.717) is 18.7 Å². The maximum absolute atomic E-state index is 13.6. The molecule has 1 atom stereocenters. The number of nitrogens with one attached hydrogen (secondary N) is 1. The van der Waals surface area contributed by atoms with Crippen molar-refractivity contribution in [2.75, 3.05) is 27.3 Å². The van der Waals surface area contributed by atoms with Crippen molar-refractivity contribution in [2.45, 2.75) is 31.3 Å². The number of benzene rings is 1. The molecule has 0 amide bonds. The van der Waals surface area contributed by atoms with Gasteiger partial charge in [-0.15, -0.1) is 0 Å². The molecule has 0 heterocycles. The second kappa shape index (κ2) is 7.84. The number of hydrogen-bond acceptors (Lipinski definition) is 4. The van der Waals surface area contributed by atoms with Crippen molar-refractivity contribution in [2.24, 2.45) is 0 Å². The molecule has 0 radical (unpaired) electrons. The van der Waals surface area contributed by atoms with E-state index >= 15 is 0 Å². The summed E-state index contributed by atoms with van der Waals surface area (Å²) < 4.78 is 45.4. The highest BCUT2D eigenvalue weighted by Gasteiger charge is 2.28. The maximum atomic E-state index is 13.6. The summed E-state index contributed by atoms with van der Waals surface area (Å²) in [6.45, 7) is 4.45. The Kier molecular flexibility index (Phi) is 6.73. The molecule has 21 heavy (non-hydrogen) atoms. The summed E-state index contributed by atoms with van der Waals surface area (Å²) in [7, 11) is -0.463. The van der Waals surface area contributed by atoms with E-state index in [4.69, 9.17) is 4.74 Å². The van der Waals surface area contributed by atoms with Crippen molar-refractivity contribution in [3.8, 4) is 0 Å². The molecule has 5 nitrogen and oxygen atoms in total. The highest BCUT2D eigenvalue weighted by atomic mass is 32.2. The first-order chi connectivity index (χ1) is 9.88. The van der Waals surface area contributed by atoms with Crippen molar-refractivity contribution in [1.82, 2.24) is 9.62 Å². The molecule has 0 spiro atoms. The molecular formula is C14H23FN2O3S. The topological polar surface area (TPSA) is 58.6 Å². The zero-order valence-electron chi connectivity index (χ0n) is 12.9. The Labute approximate surface area is 126 Å².